The number of ether oxygens (including phenoxy) is 3. The van der Waals surface area contributed by atoms with Crippen LogP contribution in [-0.4, -0.2) is 30.1 Å². The van der Waals surface area contributed by atoms with Crippen molar-refractivity contribution < 1.29 is 28.9 Å². The largest absolute Gasteiger partial charge is 0.506 e. The molecule has 0 aromatic heterocycles. The Kier molecular flexibility index (Phi) is 14.4. The SMILES string of the molecule is CCCCCCCCCCC(Oc1c(Cl)c(Cl)cc2cc(Cl)c(Cl)cc12)C(=O)Nc1cc(O)c(NC(C)=O)cc1Oc1ccc(OC)cc1. The highest BCUT2D eigenvalue weighted by atomic mass is 35.5. The molecular weight excluding hydrogens is 710 g/mol. The summed E-state index contributed by atoms with van der Waals surface area (Å²) in [6.07, 6.45) is 7.90. The van der Waals surface area contributed by atoms with Gasteiger partial charge in [-0.15, -0.1) is 0 Å². The topological polar surface area (TPSA) is 106 Å². The zero-order valence-corrected chi connectivity index (χ0v) is 30.7. The first-order valence-electron chi connectivity index (χ1n) is 16.2. The first kappa shape index (κ1) is 38.2. The van der Waals surface area contributed by atoms with Crippen LogP contribution >= 0.6 is 46.4 Å². The summed E-state index contributed by atoms with van der Waals surface area (Å²) in [5.74, 6) is 0.229. The number of hydrogen-bond acceptors (Lipinski definition) is 6. The van der Waals surface area contributed by atoms with Crippen molar-refractivity contribution >= 4 is 80.4 Å². The number of amides is 2. The van der Waals surface area contributed by atoms with E-state index in [4.69, 9.17) is 60.6 Å². The molecule has 4 rings (SSSR count). The van der Waals surface area contributed by atoms with Gasteiger partial charge in [0.25, 0.3) is 5.91 Å². The Labute approximate surface area is 306 Å². The molecule has 262 valence electrons. The van der Waals surface area contributed by atoms with Gasteiger partial charge < -0.3 is 30.0 Å². The predicted molar refractivity (Wildman–Crippen MR) is 200 cm³/mol. The maximum atomic E-state index is 14.1. The monoisotopic (exact) mass is 748 g/mol. The van der Waals surface area contributed by atoms with Crippen LogP contribution in [-0.2, 0) is 9.59 Å². The summed E-state index contributed by atoms with van der Waals surface area (Å²) in [5, 5.41) is 18.4. The molecule has 0 aliphatic rings. The van der Waals surface area contributed by atoms with Crippen LogP contribution in [0.1, 0.15) is 71.6 Å². The number of halogens is 4. The lowest BCUT2D eigenvalue weighted by atomic mass is 10.0. The summed E-state index contributed by atoms with van der Waals surface area (Å²) >= 11 is 25.8. The molecule has 49 heavy (non-hydrogen) atoms. The van der Waals surface area contributed by atoms with Gasteiger partial charge in [0.1, 0.15) is 28.0 Å². The average molecular weight is 751 g/mol. The van der Waals surface area contributed by atoms with Crippen LogP contribution in [0.15, 0.2) is 54.6 Å². The lowest BCUT2D eigenvalue weighted by Crippen LogP contribution is -2.33. The van der Waals surface area contributed by atoms with E-state index < -0.39 is 17.9 Å². The summed E-state index contributed by atoms with van der Waals surface area (Å²) in [6.45, 7) is 3.51. The highest BCUT2D eigenvalue weighted by molar-refractivity contribution is 6.45. The van der Waals surface area contributed by atoms with Gasteiger partial charge in [-0.2, -0.15) is 0 Å². The number of benzene rings is 4. The van der Waals surface area contributed by atoms with Crippen LogP contribution in [0.2, 0.25) is 20.1 Å². The molecule has 0 bridgehead atoms. The van der Waals surface area contributed by atoms with Gasteiger partial charge in [0.05, 0.1) is 33.6 Å². The van der Waals surface area contributed by atoms with E-state index in [0.29, 0.717) is 40.1 Å². The number of carbonyl (C=O) groups excluding carboxylic acids is 2. The molecule has 4 aromatic rings. The number of fused-ring (bicyclic) bond motifs is 1. The fraction of sp³-hybridized carbons (Fsp3) is 0.351. The molecule has 0 spiro atoms. The van der Waals surface area contributed by atoms with Gasteiger partial charge in [0.15, 0.2) is 11.9 Å². The number of phenolic OH excluding ortho intramolecular Hbond substituents is 1. The number of phenols is 1. The number of nitrogens with one attached hydrogen (secondary N) is 2. The van der Waals surface area contributed by atoms with Gasteiger partial charge in [-0.05, 0) is 60.7 Å². The van der Waals surface area contributed by atoms with Crippen molar-refractivity contribution in [1.29, 1.82) is 0 Å². The van der Waals surface area contributed by atoms with Crippen molar-refractivity contribution in [3.63, 3.8) is 0 Å². The van der Waals surface area contributed by atoms with Crippen LogP contribution in [0.25, 0.3) is 10.8 Å². The maximum absolute atomic E-state index is 14.1. The molecule has 0 saturated carbocycles. The van der Waals surface area contributed by atoms with Crippen LogP contribution in [0.3, 0.4) is 0 Å². The van der Waals surface area contributed by atoms with Crippen molar-refractivity contribution in [2.45, 2.75) is 77.7 Å². The first-order valence-corrected chi connectivity index (χ1v) is 17.7. The van der Waals surface area contributed by atoms with Gasteiger partial charge in [-0.3, -0.25) is 9.59 Å². The molecule has 4 aromatic carbocycles. The lowest BCUT2D eigenvalue weighted by molar-refractivity contribution is -0.123. The summed E-state index contributed by atoms with van der Waals surface area (Å²) in [7, 11) is 1.55. The average Bonchev–Trinajstić information content (AvgIpc) is 3.06. The quantitative estimate of drug-likeness (QED) is 0.0733. The van der Waals surface area contributed by atoms with Crippen molar-refractivity contribution in [2.24, 2.45) is 0 Å². The highest BCUT2D eigenvalue weighted by Crippen LogP contribution is 2.43. The Morgan fingerprint density at radius 3 is 2.04 bits per heavy atom. The fourth-order valence-corrected chi connectivity index (χ4v) is 6.03. The standard InChI is InChI=1S/C37H40Cl4N2O6/c1-4-5-6-7-8-9-10-11-12-33(49-36-26-19-28(39)27(38)17-23(26)18-29(40)35(36)41)37(46)43-31-20-32(45)30(42-22(2)44)21-34(31)48-25-15-13-24(47-3)14-16-25/h13-21,33,45H,4-12H2,1-3H3,(H,42,44)(H,43,46). The minimum absolute atomic E-state index is 0.105. The van der Waals surface area contributed by atoms with E-state index in [-0.39, 0.29) is 43.7 Å². The minimum atomic E-state index is -1.03. The minimum Gasteiger partial charge on any atom is -0.506 e. The molecule has 0 saturated heterocycles. The second kappa shape index (κ2) is 18.4. The number of hydrogen-bond donors (Lipinski definition) is 3. The van der Waals surface area contributed by atoms with E-state index >= 15 is 0 Å². The van der Waals surface area contributed by atoms with E-state index in [1.807, 2.05) is 0 Å². The number of anilines is 2. The fourth-order valence-electron chi connectivity index (χ4n) is 5.29. The maximum Gasteiger partial charge on any atom is 0.265 e. The van der Waals surface area contributed by atoms with Gasteiger partial charge in [0.2, 0.25) is 5.91 Å². The number of methoxy groups -OCH3 is 1. The Morgan fingerprint density at radius 1 is 0.776 bits per heavy atom. The van der Waals surface area contributed by atoms with E-state index in [0.717, 1.165) is 19.3 Å². The molecule has 2 amide bonds. The zero-order valence-electron chi connectivity index (χ0n) is 27.6. The summed E-state index contributed by atoms with van der Waals surface area (Å²) in [6, 6.07) is 14.5. The van der Waals surface area contributed by atoms with Crippen molar-refractivity contribution in [2.75, 3.05) is 17.7 Å². The third-order valence-electron chi connectivity index (χ3n) is 7.85. The van der Waals surface area contributed by atoms with E-state index in [1.54, 1.807) is 49.6 Å². The second-order valence-corrected chi connectivity index (χ2v) is 13.3. The highest BCUT2D eigenvalue weighted by Gasteiger charge is 2.26. The van der Waals surface area contributed by atoms with Crippen LogP contribution in [0.4, 0.5) is 11.4 Å². The van der Waals surface area contributed by atoms with Gasteiger partial charge in [0, 0.05) is 24.4 Å². The number of unbranched alkanes of at least 4 members (excludes halogenated alkanes) is 7. The first-order chi connectivity index (χ1) is 23.5. The Morgan fingerprint density at radius 2 is 1.39 bits per heavy atom. The van der Waals surface area contributed by atoms with Gasteiger partial charge >= 0.3 is 0 Å². The third kappa shape index (κ3) is 10.7. The Hall–Kier alpha value is -3.56. The smallest absolute Gasteiger partial charge is 0.265 e. The normalized spacial score (nSPS) is 11.7. The number of carbonyl (C=O) groups is 2. The summed E-state index contributed by atoms with van der Waals surface area (Å²) < 4.78 is 17.8. The molecule has 1 unspecified atom stereocenters. The van der Waals surface area contributed by atoms with E-state index in [1.165, 1.54) is 44.7 Å². The van der Waals surface area contributed by atoms with Crippen molar-refractivity contribution in [3.05, 3.63) is 74.7 Å². The van der Waals surface area contributed by atoms with Crippen LogP contribution in [0, 0.1) is 0 Å². The second-order valence-electron chi connectivity index (χ2n) is 11.7. The molecule has 0 heterocycles. The molecular formula is C37H40Cl4N2O6. The number of rotatable bonds is 17. The zero-order chi connectivity index (χ0) is 35.5. The Balaban J connectivity index is 1.66. The molecule has 0 fully saturated rings. The molecule has 8 nitrogen and oxygen atoms in total. The van der Waals surface area contributed by atoms with Gasteiger partial charge in [-0.1, -0.05) is 98.3 Å². The van der Waals surface area contributed by atoms with Crippen molar-refractivity contribution in [3.8, 4) is 28.7 Å². The summed E-state index contributed by atoms with van der Waals surface area (Å²) in [5.41, 5.74) is 0.252. The predicted octanol–water partition coefficient (Wildman–Crippen LogP) is 11.8. The third-order valence-corrected chi connectivity index (χ3v) is 9.35. The van der Waals surface area contributed by atoms with Crippen LogP contribution in [0.5, 0.6) is 28.7 Å². The number of aromatic hydroxyl groups is 1. The molecule has 12 heteroatoms. The van der Waals surface area contributed by atoms with E-state index in [9.17, 15) is 14.7 Å². The molecule has 3 N–H and O–H groups in total. The molecule has 0 radical (unpaired) electrons. The van der Waals surface area contributed by atoms with Crippen LogP contribution < -0.4 is 24.8 Å². The van der Waals surface area contributed by atoms with Crippen molar-refractivity contribution in [1.82, 2.24) is 0 Å². The summed E-state index contributed by atoms with van der Waals surface area (Å²) in [4.78, 5) is 25.9. The Bertz CT molecular complexity index is 1760. The molecule has 0 aliphatic heterocycles. The lowest BCUT2D eigenvalue weighted by Gasteiger charge is -2.22. The molecule has 1 atom stereocenters. The van der Waals surface area contributed by atoms with Gasteiger partial charge in [-0.25, -0.2) is 0 Å². The molecule has 0 aliphatic carbocycles. The van der Waals surface area contributed by atoms with E-state index in [2.05, 4.69) is 17.6 Å².